The van der Waals surface area contributed by atoms with Crippen LogP contribution in [0.25, 0.3) is 5.65 Å². The second kappa shape index (κ2) is 14.2. The molecule has 0 bridgehead atoms. The van der Waals surface area contributed by atoms with Gasteiger partial charge in [0.1, 0.15) is 5.02 Å². The molecule has 1 amide bonds. The third kappa shape index (κ3) is 7.34. The molecular weight excluding hydrogens is 490 g/mol. The van der Waals surface area contributed by atoms with Crippen molar-refractivity contribution in [3.8, 4) is 0 Å². The molecule has 202 valence electrons. The zero-order chi connectivity index (χ0) is 26.8. The van der Waals surface area contributed by atoms with Crippen LogP contribution in [0.2, 0.25) is 5.02 Å². The molecule has 9 heteroatoms. The number of H-pyrrole nitrogens is 1. The second-order valence-electron chi connectivity index (χ2n) is 9.87. The smallest absolute Gasteiger partial charge is 0.336 e. The van der Waals surface area contributed by atoms with Gasteiger partial charge in [-0.05, 0) is 25.5 Å². The minimum atomic E-state index is -1.13. The van der Waals surface area contributed by atoms with Crippen molar-refractivity contribution in [3.05, 3.63) is 51.9 Å². The zero-order valence-electron chi connectivity index (χ0n) is 22.3. The van der Waals surface area contributed by atoms with Gasteiger partial charge in [-0.3, -0.25) is 9.89 Å². The number of rotatable bonds is 16. The summed E-state index contributed by atoms with van der Waals surface area (Å²) in [5.41, 5.74) is 1.43. The van der Waals surface area contributed by atoms with E-state index in [1.807, 2.05) is 6.92 Å². The van der Waals surface area contributed by atoms with Gasteiger partial charge in [0.15, 0.2) is 11.5 Å². The van der Waals surface area contributed by atoms with Crippen LogP contribution in [0.5, 0.6) is 0 Å². The highest BCUT2D eigenvalue weighted by atomic mass is 35.5. The number of fused-ring (bicyclic) bond motifs is 1. The molecule has 0 saturated carbocycles. The molecule has 2 aromatic heterocycles. The lowest BCUT2D eigenvalue weighted by molar-refractivity contribution is 0.0661. The van der Waals surface area contributed by atoms with Gasteiger partial charge in [-0.15, -0.1) is 10.2 Å². The number of carbonyl (C=O) groups excluding carboxylic acids is 1. The molecule has 3 aromatic rings. The van der Waals surface area contributed by atoms with E-state index in [-0.39, 0.29) is 17.0 Å². The molecule has 0 aliphatic carbocycles. The quantitative estimate of drug-likeness (QED) is 0.190. The first-order valence-electron chi connectivity index (χ1n) is 13.5. The monoisotopic (exact) mass is 529 g/mol. The van der Waals surface area contributed by atoms with E-state index in [1.54, 1.807) is 34.7 Å². The number of benzene rings is 1. The van der Waals surface area contributed by atoms with Crippen LogP contribution in [0.3, 0.4) is 0 Å². The van der Waals surface area contributed by atoms with Crippen molar-refractivity contribution in [1.82, 2.24) is 24.7 Å². The van der Waals surface area contributed by atoms with Crippen molar-refractivity contribution in [2.75, 3.05) is 7.05 Å². The van der Waals surface area contributed by atoms with Gasteiger partial charge in [-0.2, -0.15) is 0 Å². The fraction of sp³-hybridized carbons (Fsp3) is 0.571. The predicted molar refractivity (Wildman–Crippen MR) is 146 cm³/mol. The normalized spacial score (nSPS) is 12.2. The molecule has 2 N–H and O–H groups in total. The van der Waals surface area contributed by atoms with Crippen molar-refractivity contribution < 1.29 is 14.7 Å². The Bertz CT molecular complexity index is 1170. The molecule has 0 aliphatic rings. The first kappa shape index (κ1) is 28.7. The highest BCUT2D eigenvalue weighted by Crippen LogP contribution is 2.30. The maximum Gasteiger partial charge on any atom is 0.336 e. The third-order valence-corrected chi connectivity index (χ3v) is 7.50. The summed E-state index contributed by atoms with van der Waals surface area (Å²) in [6.45, 7) is 4.10. The summed E-state index contributed by atoms with van der Waals surface area (Å²) < 4.78 is 1.73. The van der Waals surface area contributed by atoms with Crippen LogP contribution in [-0.4, -0.2) is 48.7 Å². The van der Waals surface area contributed by atoms with E-state index in [1.165, 1.54) is 57.4 Å². The molecule has 2 heterocycles. The van der Waals surface area contributed by atoms with Gasteiger partial charge in [-0.1, -0.05) is 101 Å². The van der Waals surface area contributed by atoms with Gasteiger partial charge in [-0.25, -0.2) is 9.31 Å². The van der Waals surface area contributed by atoms with Gasteiger partial charge in [0, 0.05) is 7.05 Å². The lowest BCUT2D eigenvalue weighted by Gasteiger charge is -2.27. The molecule has 3 rings (SSSR count). The maximum atomic E-state index is 13.5. The first-order chi connectivity index (χ1) is 17.9. The summed E-state index contributed by atoms with van der Waals surface area (Å²) in [5.74, 6) is -0.908. The Morgan fingerprint density at radius 1 is 0.973 bits per heavy atom. The number of carboxylic acid groups (broad SMARTS) is 1. The number of nitrogens with zero attached hydrogens (tertiary/aromatic N) is 4. The number of carbonyl (C=O) groups is 2. The number of hydrogen-bond acceptors (Lipinski definition) is 4. The molecule has 1 atom stereocenters. The predicted octanol–water partition coefficient (Wildman–Crippen LogP) is 7.23. The average molecular weight is 530 g/mol. The van der Waals surface area contributed by atoms with Crippen LogP contribution in [-0.2, 0) is 0 Å². The lowest BCUT2D eigenvalue weighted by Crippen LogP contribution is -2.33. The van der Waals surface area contributed by atoms with Gasteiger partial charge >= 0.3 is 5.97 Å². The van der Waals surface area contributed by atoms with E-state index in [0.29, 0.717) is 22.9 Å². The zero-order valence-corrected chi connectivity index (χ0v) is 23.1. The van der Waals surface area contributed by atoms with E-state index in [4.69, 9.17) is 11.6 Å². The molecule has 37 heavy (non-hydrogen) atoms. The molecule has 1 unspecified atom stereocenters. The number of aryl methyl sites for hydroxylation is 1. The Hall–Kier alpha value is -2.87. The van der Waals surface area contributed by atoms with Crippen LogP contribution in [0, 0.1) is 6.92 Å². The molecule has 8 nitrogen and oxygen atoms in total. The minimum Gasteiger partial charge on any atom is -0.478 e. The third-order valence-electron chi connectivity index (χ3n) is 7.05. The standard InChI is InChI=1S/C28H40ClN5O3/c1-4-5-6-7-8-9-10-11-12-13-14-19-23(25-30-31-26-24(29)20(2)32-34(25)26)33(3)27(35)21-17-15-16-18-22(21)28(36)37/h15-18,23,32H,4-14,19H2,1-3H3,(H,36,37). The number of aromatic carboxylic acids is 1. The summed E-state index contributed by atoms with van der Waals surface area (Å²) in [6.07, 6.45) is 14.3. The van der Waals surface area contributed by atoms with Crippen LogP contribution in [0.4, 0.5) is 0 Å². The summed E-state index contributed by atoms with van der Waals surface area (Å²) in [7, 11) is 1.70. The Balaban J connectivity index is 1.67. The van der Waals surface area contributed by atoms with Crippen molar-refractivity contribution in [3.63, 3.8) is 0 Å². The van der Waals surface area contributed by atoms with Crippen molar-refractivity contribution >= 4 is 29.1 Å². The van der Waals surface area contributed by atoms with Crippen LogP contribution >= 0.6 is 11.6 Å². The Morgan fingerprint density at radius 3 is 2.14 bits per heavy atom. The minimum absolute atomic E-state index is 0.0158. The second-order valence-corrected chi connectivity index (χ2v) is 10.3. The summed E-state index contributed by atoms with van der Waals surface area (Å²) in [6, 6.07) is 5.91. The number of aromatic amines is 1. The van der Waals surface area contributed by atoms with Gasteiger partial charge in [0.2, 0.25) is 0 Å². The summed E-state index contributed by atoms with van der Waals surface area (Å²) in [4.78, 5) is 26.8. The average Bonchev–Trinajstić information content (AvgIpc) is 3.43. The van der Waals surface area contributed by atoms with E-state index in [9.17, 15) is 14.7 Å². The number of halogens is 1. The van der Waals surface area contributed by atoms with Crippen LogP contribution in [0.15, 0.2) is 24.3 Å². The fourth-order valence-electron chi connectivity index (χ4n) is 4.83. The van der Waals surface area contributed by atoms with Gasteiger partial charge in [0.05, 0.1) is 22.9 Å². The first-order valence-corrected chi connectivity index (χ1v) is 13.9. The van der Waals surface area contributed by atoms with E-state index in [2.05, 4.69) is 22.2 Å². The summed E-state index contributed by atoms with van der Waals surface area (Å²) in [5, 5.41) is 21.9. The van der Waals surface area contributed by atoms with E-state index < -0.39 is 12.0 Å². The number of nitrogens with one attached hydrogen (secondary N) is 1. The molecular formula is C28H40ClN5O3. The highest BCUT2D eigenvalue weighted by Gasteiger charge is 2.30. The van der Waals surface area contributed by atoms with Gasteiger partial charge in [0.25, 0.3) is 5.91 Å². The van der Waals surface area contributed by atoms with Crippen molar-refractivity contribution in [2.45, 2.75) is 96.9 Å². The van der Waals surface area contributed by atoms with Crippen molar-refractivity contribution in [2.24, 2.45) is 0 Å². The van der Waals surface area contributed by atoms with Crippen molar-refractivity contribution in [1.29, 1.82) is 0 Å². The SMILES string of the molecule is CCCCCCCCCCCCCC(c1nnc2c(Cl)c(C)[nH]n12)N(C)C(=O)c1ccccc1C(=O)O. The Morgan fingerprint density at radius 2 is 1.54 bits per heavy atom. The Kier molecular flexibility index (Phi) is 11.0. The number of amides is 1. The van der Waals surface area contributed by atoms with Crippen LogP contribution in [0.1, 0.15) is 122 Å². The molecule has 0 saturated heterocycles. The number of unbranched alkanes of at least 4 members (excludes halogenated alkanes) is 10. The van der Waals surface area contributed by atoms with Crippen LogP contribution < -0.4 is 0 Å². The van der Waals surface area contributed by atoms with E-state index in [0.717, 1.165) is 25.0 Å². The summed E-state index contributed by atoms with van der Waals surface area (Å²) >= 11 is 6.38. The number of aromatic nitrogens is 4. The molecule has 0 spiro atoms. The largest absolute Gasteiger partial charge is 0.478 e. The maximum absolute atomic E-state index is 13.5. The Labute approximate surface area is 224 Å². The highest BCUT2D eigenvalue weighted by molar-refractivity contribution is 6.34. The lowest BCUT2D eigenvalue weighted by atomic mass is 10.0. The van der Waals surface area contributed by atoms with E-state index >= 15 is 0 Å². The number of carboxylic acids is 1. The number of hydrogen-bond donors (Lipinski definition) is 2. The molecule has 1 aromatic carbocycles. The molecule has 0 fully saturated rings. The molecule has 0 radical (unpaired) electrons. The topological polar surface area (TPSA) is 104 Å². The molecule has 0 aliphatic heterocycles. The fourth-order valence-corrected chi connectivity index (χ4v) is 5.00. The van der Waals surface area contributed by atoms with Gasteiger partial charge < -0.3 is 10.0 Å².